The highest BCUT2D eigenvalue weighted by Gasteiger charge is 2.24. The van der Waals surface area contributed by atoms with Gasteiger partial charge in [-0.25, -0.2) is 0 Å². The Kier molecular flexibility index (Phi) is 6.67. The predicted octanol–water partition coefficient (Wildman–Crippen LogP) is 2.50. The molecule has 142 valence electrons. The van der Waals surface area contributed by atoms with Gasteiger partial charge >= 0.3 is 0 Å². The fourth-order valence-corrected chi connectivity index (χ4v) is 4.14. The molecule has 2 aliphatic rings. The third-order valence-electron chi connectivity index (χ3n) is 5.77. The van der Waals surface area contributed by atoms with Gasteiger partial charge in [-0.15, -0.1) is 0 Å². The lowest BCUT2D eigenvalue weighted by Crippen LogP contribution is -2.34. The van der Waals surface area contributed by atoms with E-state index >= 15 is 0 Å². The van der Waals surface area contributed by atoms with Crippen LogP contribution in [-0.2, 0) is 16.0 Å². The lowest BCUT2D eigenvalue weighted by molar-refractivity contribution is -0.123. The van der Waals surface area contributed by atoms with Crippen molar-refractivity contribution in [1.29, 1.82) is 0 Å². The molecule has 1 aromatic carbocycles. The molecule has 26 heavy (non-hydrogen) atoms. The van der Waals surface area contributed by atoms with Gasteiger partial charge in [0, 0.05) is 31.6 Å². The number of para-hydroxylation sites is 1. The number of nitrogens with zero attached hydrogens (tertiary/aromatic N) is 1. The van der Waals surface area contributed by atoms with Crippen molar-refractivity contribution in [2.24, 2.45) is 11.8 Å². The van der Waals surface area contributed by atoms with E-state index in [9.17, 15) is 9.59 Å². The highest BCUT2D eigenvalue weighted by atomic mass is 16.2. The molecule has 5 heteroatoms. The smallest absolute Gasteiger partial charge is 0.227 e. The van der Waals surface area contributed by atoms with Crippen molar-refractivity contribution in [3.63, 3.8) is 0 Å². The van der Waals surface area contributed by atoms with Crippen LogP contribution in [0.3, 0.4) is 0 Å². The van der Waals surface area contributed by atoms with Gasteiger partial charge in [-0.1, -0.05) is 25.1 Å². The lowest BCUT2D eigenvalue weighted by Gasteiger charge is -2.27. The zero-order valence-corrected chi connectivity index (χ0v) is 15.8. The van der Waals surface area contributed by atoms with E-state index in [-0.39, 0.29) is 11.8 Å². The Morgan fingerprint density at radius 3 is 2.85 bits per heavy atom. The molecule has 1 aromatic rings. The predicted molar refractivity (Wildman–Crippen MR) is 104 cm³/mol. The van der Waals surface area contributed by atoms with Crippen molar-refractivity contribution in [2.75, 3.05) is 31.1 Å². The SMILES string of the molecule is CC(CC(=O)NCCCC(=O)N1CCc2ccccc21)C1CCNCC1. The minimum absolute atomic E-state index is 0.120. The molecule has 0 spiro atoms. The summed E-state index contributed by atoms with van der Waals surface area (Å²) in [4.78, 5) is 26.5. The number of fused-ring (bicyclic) bond motifs is 1. The molecular weight excluding hydrogens is 326 g/mol. The van der Waals surface area contributed by atoms with Crippen molar-refractivity contribution in [1.82, 2.24) is 10.6 Å². The van der Waals surface area contributed by atoms with Gasteiger partial charge < -0.3 is 15.5 Å². The quantitative estimate of drug-likeness (QED) is 0.737. The third kappa shape index (κ3) is 4.85. The summed E-state index contributed by atoms with van der Waals surface area (Å²) in [6.07, 6.45) is 5.05. The number of hydrogen-bond acceptors (Lipinski definition) is 3. The number of piperidine rings is 1. The van der Waals surface area contributed by atoms with Crippen molar-refractivity contribution in [3.05, 3.63) is 29.8 Å². The van der Waals surface area contributed by atoms with Crippen molar-refractivity contribution in [3.8, 4) is 0 Å². The van der Waals surface area contributed by atoms with E-state index < -0.39 is 0 Å². The molecule has 2 amide bonds. The third-order valence-corrected chi connectivity index (χ3v) is 5.77. The number of rotatable bonds is 7. The fourth-order valence-electron chi connectivity index (χ4n) is 4.14. The molecule has 3 rings (SSSR count). The summed E-state index contributed by atoms with van der Waals surface area (Å²) >= 11 is 0. The molecular formula is C21H31N3O2. The van der Waals surface area contributed by atoms with Crippen LogP contribution in [0.15, 0.2) is 24.3 Å². The largest absolute Gasteiger partial charge is 0.356 e. The second-order valence-corrected chi connectivity index (χ2v) is 7.65. The minimum atomic E-state index is 0.120. The normalized spacial score (nSPS) is 18.4. The molecule has 2 N–H and O–H groups in total. The fraction of sp³-hybridized carbons (Fsp3) is 0.619. The highest BCUT2D eigenvalue weighted by molar-refractivity contribution is 5.95. The average Bonchev–Trinajstić information content (AvgIpc) is 3.10. The molecule has 1 fully saturated rings. The molecule has 2 aliphatic heterocycles. The Morgan fingerprint density at radius 1 is 1.27 bits per heavy atom. The zero-order chi connectivity index (χ0) is 18.4. The van der Waals surface area contributed by atoms with Gasteiger partial charge in [0.25, 0.3) is 0 Å². The summed E-state index contributed by atoms with van der Waals surface area (Å²) in [5, 5.41) is 6.36. The average molecular weight is 357 g/mol. The van der Waals surface area contributed by atoms with Crippen LogP contribution >= 0.6 is 0 Å². The molecule has 1 saturated heterocycles. The molecule has 1 unspecified atom stereocenters. The van der Waals surface area contributed by atoms with E-state index in [4.69, 9.17) is 0 Å². The van der Waals surface area contributed by atoms with Crippen LogP contribution in [0.5, 0.6) is 0 Å². The van der Waals surface area contributed by atoms with Crippen LogP contribution in [-0.4, -0.2) is 38.0 Å². The van der Waals surface area contributed by atoms with Gasteiger partial charge in [0.1, 0.15) is 0 Å². The molecule has 1 atom stereocenters. The van der Waals surface area contributed by atoms with E-state index in [1.54, 1.807) is 0 Å². The maximum absolute atomic E-state index is 12.4. The van der Waals surface area contributed by atoms with Crippen molar-refractivity contribution >= 4 is 17.5 Å². The van der Waals surface area contributed by atoms with E-state index in [0.717, 1.165) is 31.7 Å². The van der Waals surface area contributed by atoms with Gasteiger partial charge in [-0.05, 0) is 62.2 Å². The summed E-state index contributed by atoms with van der Waals surface area (Å²) in [5.41, 5.74) is 2.30. The van der Waals surface area contributed by atoms with E-state index in [0.29, 0.717) is 37.6 Å². The second kappa shape index (κ2) is 9.17. The Labute approximate surface area is 156 Å². The molecule has 0 saturated carbocycles. The highest BCUT2D eigenvalue weighted by Crippen LogP contribution is 2.28. The Morgan fingerprint density at radius 2 is 2.04 bits per heavy atom. The number of carbonyl (C=O) groups excluding carboxylic acids is 2. The second-order valence-electron chi connectivity index (χ2n) is 7.65. The summed E-state index contributed by atoms with van der Waals surface area (Å²) in [6, 6.07) is 8.11. The maximum Gasteiger partial charge on any atom is 0.227 e. The number of nitrogens with one attached hydrogen (secondary N) is 2. The van der Waals surface area contributed by atoms with E-state index in [1.807, 2.05) is 23.1 Å². The summed E-state index contributed by atoms with van der Waals surface area (Å²) in [6.45, 7) is 5.68. The van der Waals surface area contributed by atoms with Crippen LogP contribution in [0, 0.1) is 11.8 Å². The molecule has 0 aromatic heterocycles. The van der Waals surface area contributed by atoms with Gasteiger partial charge in [-0.2, -0.15) is 0 Å². The molecule has 5 nitrogen and oxygen atoms in total. The van der Waals surface area contributed by atoms with Gasteiger partial charge in [0.15, 0.2) is 0 Å². The summed E-state index contributed by atoms with van der Waals surface area (Å²) < 4.78 is 0. The van der Waals surface area contributed by atoms with Crippen LogP contribution in [0.2, 0.25) is 0 Å². The Balaban J connectivity index is 1.34. The zero-order valence-electron chi connectivity index (χ0n) is 15.8. The van der Waals surface area contributed by atoms with Gasteiger partial charge in [-0.3, -0.25) is 9.59 Å². The minimum Gasteiger partial charge on any atom is -0.356 e. The molecule has 0 bridgehead atoms. The first-order chi connectivity index (χ1) is 12.6. The first-order valence-electron chi connectivity index (χ1n) is 10.0. The maximum atomic E-state index is 12.4. The van der Waals surface area contributed by atoms with Crippen molar-refractivity contribution < 1.29 is 9.59 Å². The van der Waals surface area contributed by atoms with Crippen LogP contribution < -0.4 is 15.5 Å². The standard InChI is InChI=1S/C21H31N3O2/c1-16(17-8-12-22-13-9-17)15-20(25)23-11-4-7-21(26)24-14-10-18-5-2-3-6-19(18)24/h2-3,5-6,16-17,22H,4,7-15H2,1H3,(H,23,25). The van der Waals surface area contributed by atoms with E-state index in [2.05, 4.69) is 23.6 Å². The van der Waals surface area contributed by atoms with Crippen LogP contribution in [0.1, 0.15) is 44.6 Å². The Hall–Kier alpha value is -1.88. The molecule has 2 heterocycles. The number of benzene rings is 1. The first-order valence-corrected chi connectivity index (χ1v) is 10.0. The first kappa shape index (κ1) is 18.9. The van der Waals surface area contributed by atoms with Crippen molar-refractivity contribution in [2.45, 2.75) is 45.4 Å². The topological polar surface area (TPSA) is 61.4 Å². The van der Waals surface area contributed by atoms with Crippen LogP contribution in [0.4, 0.5) is 5.69 Å². The van der Waals surface area contributed by atoms with E-state index in [1.165, 1.54) is 18.4 Å². The van der Waals surface area contributed by atoms with Gasteiger partial charge in [0.05, 0.1) is 0 Å². The molecule has 0 radical (unpaired) electrons. The summed E-state index contributed by atoms with van der Waals surface area (Å²) in [5.74, 6) is 1.36. The summed E-state index contributed by atoms with van der Waals surface area (Å²) in [7, 11) is 0. The Bertz CT molecular complexity index is 625. The lowest BCUT2D eigenvalue weighted by atomic mass is 9.84. The number of carbonyl (C=O) groups is 2. The monoisotopic (exact) mass is 357 g/mol. The van der Waals surface area contributed by atoms with Gasteiger partial charge in [0.2, 0.25) is 11.8 Å². The van der Waals surface area contributed by atoms with Crippen LogP contribution in [0.25, 0.3) is 0 Å². The number of hydrogen-bond donors (Lipinski definition) is 2. The molecule has 0 aliphatic carbocycles. The number of anilines is 1. The number of amides is 2.